The SMILES string of the molecule is COc1cccc(C(=O)N2CCN(c3ccncc3)CC2)c1. The molecule has 2 aromatic rings. The van der Waals surface area contributed by atoms with Crippen molar-refractivity contribution in [1.82, 2.24) is 9.88 Å². The van der Waals surface area contributed by atoms with Gasteiger partial charge in [-0.05, 0) is 30.3 Å². The van der Waals surface area contributed by atoms with Crippen molar-refractivity contribution in [1.29, 1.82) is 0 Å². The van der Waals surface area contributed by atoms with Gasteiger partial charge in [-0.1, -0.05) is 6.07 Å². The molecular weight excluding hydrogens is 278 g/mol. The molecule has 5 heteroatoms. The van der Waals surface area contributed by atoms with Gasteiger partial charge in [0, 0.05) is 49.8 Å². The first-order valence-electron chi connectivity index (χ1n) is 7.36. The molecule has 0 bridgehead atoms. The Morgan fingerprint density at radius 2 is 1.82 bits per heavy atom. The fraction of sp³-hybridized carbons (Fsp3) is 0.294. The third-order valence-corrected chi connectivity index (χ3v) is 3.91. The number of benzene rings is 1. The maximum absolute atomic E-state index is 12.6. The van der Waals surface area contributed by atoms with E-state index in [2.05, 4.69) is 9.88 Å². The van der Waals surface area contributed by atoms with Crippen molar-refractivity contribution in [2.45, 2.75) is 0 Å². The molecule has 3 rings (SSSR count). The van der Waals surface area contributed by atoms with Crippen LogP contribution in [-0.4, -0.2) is 49.1 Å². The quantitative estimate of drug-likeness (QED) is 0.870. The van der Waals surface area contributed by atoms with Crippen LogP contribution in [0.15, 0.2) is 48.8 Å². The molecule has 0 spiro atoms. The van der Waals surface area contributed by atoms with Crippen molar-refractivity contribution >= 4 is 11.6 Å². The Balaban J connectivity index is 1.64. The molecule has 1 aromatic carbocycles. The molecular formula is C17H19N3O2. The van der Waals surface area contributed by atoms with Crippen molar-refractivity contribution in [3.8, 4) is 5.75 Å². The Bertz CT molecular complexity index is 637. The van der Waals surface area contributed by atoms with E-state index in [-0.39, 0.29) is 5.91 Å². The van der Waals surface area contributed by atoms with Crippen molar-refractivity contribution in [2.75, 3.05) is 38.2 Å². The second kappa shape index (κ2) is 6.47. The lowest BCUT2D eigenvalue weighted by Crippen LogP contribution is -2.48. The minimum atomic E-state index is 0.0632. The van der Waals surface area contributed by atoms with E-state index >= 15 is 0 Å². The molecule has 1 saturated heterocycles. The van der Waals surface area contributed by atoms with Gasteiger partial charge in [0.25, 0.3) is 5.91 Å². The number of ether oxygens (including phenoxy) is 1. The van der Waals surface area contributed by atoms with Gasteiger partial charge in [0.05, 0.1) is 7.11 Å². The van der Waals surface area contributed by atoms with E-state index in [4.69, 9.17) is 4.74 Å². The molecule has 1 fully saturated rings. The normalized spacial score (nSPS) is 14.8. The Morgan fingerprint density at radius 1 is 1.09 bits per heavy atom. The van der Waals surface area contributed by atoms with Gasteiger partial charge in [-0.3, -0.25) is 9.78 Å². The summed E-state index contributed by atoms with van der Waals surface area (Å²) in [6.45, 7) is 3.11. The Labute approximate surface area is 130 Å². The molecule has 0 N–H and O–H groups in total. The lowest BCUT2D eigenvalue weighted by Gasteiger charge is -2.36. The standard InChI is InChI=1S/C17H19N3O2/c1-22-16-4-2-3-14(13-16)17(21)20-11-9-19(10-12-20)15-5-7-18-8-6-15/h2-8,13H,9-12H2,1H3. The number of hydrogen-bond donors (Lipinski definition) is 0. The molecule has 1 aliphatic rings. The summed E-state index contributed by atoms with van der Waals surface area (Å²) in [6.07, 6.45) is 3.59. The van der Waals surface area contributed by atoms with Crippen LogP contribution in [0, 0.1) is 0 Å². The average molecular weight is 297 g/mol. The molecule has 2 heterocycles. The minimum Gasteiger partial charge on any atom is -0.497 e. The van der Waals surface area contributed by atoms with Gasteiger partial charge in [0.1, 0.15) is 5.75 Å². The summed E-state index contributed by atoms with van der Waals surface area (Å²) in [5, 5.41) is 0. The summed E-state index contributed by atoms with van der Waals surface area (Å²) >= 11 is 0. The second-order valence-electron chi connectivity index (χ2n) is 5.22. The van der Waals surface area contributed by atoms with Crippen LogP contribution in [0.1, 0.15) is 10.4 Å². The molecule has 1 amide bonds. The van der Waals surface area contributed by atoms with Crippen LogP contribution < -0.4 is 9.64 Å². The van der Waals surface area contributed by atoms with Crippen molar-refractivity contribution in [3.05, 3.63) is 54.4 Å². The Kier molecular flexibility index (Phi) is 4.23. The van der Waals surface area contributed by atoms with E-state index in [9.17, 15) is 4.79 Å². The third kappa shape index (κ3) is 3.03. The maximum Gasteiger partial charge on any atom is 0.254 e. The number of piperazine rings is 1. The van der Waals surface area contributed by atoms with Gasteiger partial charge < -0.3 is 14.5 Å². The Morgan fingerprint density at radius 3 is 2.50 bits per heavy atom. The molecule has 114 valence electrons. The highest BCUT2D eigenvalue weighted by Gasteiger charge is 2.22. The number of aromatic nitrogens is 1. The minimum absolute atomic E-state index is 0.0632. The fourth-order valence-corrected chi connectivity index (χ4v) is 2.66. The summed E-state index contributed by atoms with van der Waals surface area (Å²) in [5.41, 5.74) is 1.83. The number of carbonyl (C=O) groups excluding carboxylic acids is 1. The van der Waals surface area contributed by atoms with Crippen molar-refractivity contribution in [3.63, 3.8) is 0 Å². The van der Waals surface area contributed by atoms with Gasteiger partial charge in [-0.25, -0.2) is 0 Å². The lowest BCUT2D eigenvalue weighted by molar-refractivity contribution is 0.0746. The van der Waals surface area contributed by atoms with Gasteiger partial charge in [-0.2, -0.15) is 0 Å². The highest BCUT2D eigenvalue weighted by atomic mass is 16.5. The smallest absolute Gasteiger partial charge is 0.254 e. The molecule has 5 nitrogen and oxygen atoms in total. The van der Waals surface area contributed by atoms with E-state index in [0.717, 1.165) is 31.9 Å². The number of carbonyl (C=O) groups is 1. The Hall–Kier alpha value is -2.56. The molecule has 0 unspecified atom stereocenters. The average Bonchev–Trinajstić information content (AvgIpc) is 2.62. The van der Waals surface area contributed by atoms with Crippen molar-refractivity contribution in [2.24, 2.45) is 0 Å². The molecule has 1 aliphatic heterocycles. The number of anilines is 1. The van der Waals surface area contributed by atoms with E-state index in [0.29, 0.717) is 11.3 Å². The highest BCUT2D eigenvalue weighted by molar-refractivity contribution is 5.94. The maximum atomic E-state index is 12.6. The largest absolute Gasteiger partial charge is 0.497 e. The predicted octanol–water partition coefficient (Wildman–Crippen LogP) is 2.05. The van der Waals surface area contributed by atoms with Crippen LogP contribution in [0.2, 0.25) is 0 Å². The van der Waals surface area contributed by atoms with E-state index in [1.165, 1.54) is 0 Å². The fourth-order valence-electron chi connectivity index (χ4n) is 2.66. The number of methoxy groups -OCH3 is 1. The number of rotatable bonds is 3. The third-order valence-electron chi connectivity index (χ3n) is 3.91. The summed E-state index contributed by atoms with van der Waals surface area (Å²) < 4.78 is 5.18. The summed E-state index contributed by atoms with van der Waals surface area (Å²) in [7, 11) is 1.61. The first-order chi connectivity index (χ1) is 10.8. The second-order valence-corrected chi connectivity index (χ2v) is 5.22. The molecule has 22 heavy (non-hydrogen) atoms. The van der Waals surface area contributed by atoms with Crippen LogP contribution in [0.3, 0.4) is 0 Å². The highest BCUT2D eigenvalue weighted by Crippen LogP contribution is 2.18. The predicted molar refractivity (Wildman–Crippen MR) is 85.3 cm³/mol. The van der Waals surface area contributed by atoms with Gasteiger partial charge in [0.2, 0.25) is 0 Å². The van der Waals surface area contributed by atoms with Crippen LogP contribution in [-0.2, 0) is 0 Å². The van der Waals surface area contributed by atoms with Gasteiger partial charge in [0.15, 0.2) is 0 Å². The van der Waals surface area contributed by atoms with Crippen LogP contribution in [0.25, 0.3) is 0 Å². The van der Waals surface area contributed by atoms with Crippen LogP contribution in [0.5, 0.6) is 5.75 Å². The summed E-state index contributed by atoms with van der Waals surface area (Å²) in [6, 6.07) is 11.3. The summed E-state index contributed by atoms with van der Waals surface area (Å²) in [5.74, 6) is 0.773. The van der Waals surface area contributed by atoms with E-state index < -0.39 is 0 Å². The topological polar surface area (TPSA) is 45.7 Å². The first-order valence-corrected chi connectivity index (χ1v) is 7.36. The van der Waals surface area contributed by atoms with Crippen LogP contribution >= 0.6 is 0 Å². The zero-order valence-corrected chi connectivity index (χ0v) is 12.6. The monoisotopic (exact) mass is 297 g/mol. The molecule has 1 aromatic heterocycles. The number of nitrogens with zero attached hydrogens (tertiary/aromatic N) is 3. The zero-order chi connectivity index (χ0) is 15.4. The molecule has 0 atom stereocenters. The van der Waals surface area contributed by atoms with E-state index in [1.807, 2.05) is 35.2 Å². The van der Waals surface area contributed by atoms with Crippen LogP contribution in [0.4, 0.5) is 5.69 Å². The summed E-state index contributed by atoms with van der Waals surface area (Å²) in [4.78, 5) is 20.8. The first kappa shape index (κ1) is 14.4. The van der Waals surface area contributed by atoms with Crippen molar-refractivity contribution < 1.29 is 9.53 Å². The van der Waals surface area contributed by atoms with Gasteiger partial charge in [-0.15, -0.1) is 0 Å². The van der Waals surface area contributed by atoms with E-state index in [1.54, 1.807) is 25.6 Å². The number of hydrogen-bond acceptors (Lipinski definition) is 4. The number of amides is 1. The van der Waals surface area contributed by atoms with Gasteiger partial charge >= 0.3 is 0 Å². The lowest BCUT2D eigenvalue weighted by atomic mass is 10.1. The molecule has 0 aliphatic carbocycles. The number of pyridine rings is 1. The molecule has 0 saturated carbocycles. The molecule has 0 radical (unpaired) electrons. The zero-order valence-electron chi connectivity index (χ0n) is 12.6.